The highest BCUT2D eigenvalue weighted by Crippen LogP contribution is 2.35. The predicted molar refractivity (Wildman–Crippen MR) is 92.7 cm³/mol. The number of nitrogens with zero attached hydrogens (tertiary/aromatic N) is 2. The lowest BCUT2D eigenvalue weighted by atomic mass is 10.1. The zero-order valence-electron chi connectivity index (χ0n) is 15.1. The van der Waals surface area contributed by atoms with Crippen molar-refractivity contribution in [2.75, 3.05) is 47.5 Å². The fourth-order valence-electron chi connectivity index (χ4n) is 3.08. The van der Waals surface area contributed by atoms with Gasteiger partial charge in [0.15, 0.2) is 11.5 Å². The third-order valence-corrected chi connectivity index (χ3v) is 4.80. The SMILES string of the molecule is CC[C@@H](C)N1CCN(Cc2cc(OC)c(OC)cc2OC)CC1. The molecule has 1 saturated heterocycles. The largest absolute Gasteiger partial charge is 0.496 e. The second-order valence-electron chi connectivity index (χ2n) is 6.09. The van der Waals surface area contributed by atoms with Crippen LogP contribution in [0.15, 0.2) is 12.1 Å². The molecule has 1 aromatic carbocycles. The van der Waals surface area contributed by atoms with Crippen molar-refractivity contribution in [1.29, 1.82) is 0 Å². The standard InChI is InChI=1S/C18H30N2O3/c1-6-14(2)20-9-7-19(8-10-20)13-15-11-17(22-4)18(23-5)12-16(15)21-3/h11-12,14H,6-10,13H2,1-5H3/t14-/m1/s1. The Balaban J connectivity index is 2.05. The Kier molecular flexibility index (Phi) is 6.54. The molecule has 2 rings (SSSR count). The summed E-state index contributed by atoms with van der Waals surface area (Å²) in [4.78, 5) is 5.05. The van der Waals surface area contributed by atoms with E-state index in [2.05, 4.69) is 23.6 Å². The molecule has 1 aliphatic rings. The Morgan fingerprint density at radius 3 is 2.00 bits per heavy atom. The van der Waals surface area contributed by atoms with Crippen LogP contribution in [0.1, 0.15) is 25.8 Å². The molecule has 5 nitrogen and oxygen atoms in total. The minimum atomic E-state index is 0.674. The van der Waals surface area contributed by atoms with Gasteiger partial charge in [0, 0.05) is 50.4 Å². The van der Waals surface area contributed by atoms with Gasteiger partial charge in [-0.25, -0.2) is 0 Å². The maximum atomic E-state index is 5.53. The third kappa shape index (κ3) is 4.30. The molecular formula is C18H30N2O3. The molecule has 0 bridgehead atoms. The lowest BCUT2D eigenvalue weighted by Crippen LogP contribution is -2.49. The van der Waals surface area contributed by atoms with Gasteiger partial charge in [-0.05, 0) is 19.4 Å². The first kappa shape index (κ1) is 17.9. The zero-order chi connectivity index (χ0) is 16.8. The fraction of sp³-hybridized carbons (Fsp3) is 0.667. The highest BCUT2D eigenvalue weighted by molar-refractivity contribution is 5.50. The summed E-state index contributed by atoms with van der Waals surface area (Å²) < 4.78 is 16.3. The maximum absolute atomic E-state index is 5.53. The first-order chi connectivity index (χ1) is 11.1. The van der Waals surface area contributed by atoms with Crippen LogP contribution in [0.5, 0.6) is 17.2 Å². The van der Waals surface area contributed by atoms with Crippen molar-refractivity contribution in [2.45, 2.75) is 32.9 Å². The highest BCUT2D eigenvalue weighted by Gasteiger charge is 2.21. The summed E-state index contributed by atoms with van der Waals surface area (Å²) in [6, 6.07) is 4.61. The van der Waals surface area contributed by atoms with E-state index >= 15 is 0 Å². The molecule has 1 atom stereocenters. The molecule has 0 spiro atoms. The number of hydrogen-bond acceptors (Lipinski definition) is 5. The van der Waals surface area contributed by atoms with E-state index in [1.165, 1.54) is 6.42 Å². The monoisotopic (exact) mass is 322 g/mol. The van der Waals surface area contributed by atoms with Gasteiger partial charge in [-0.15, -0.1) is 0 Å². The zero-order valence-corrected chi connectivity index (χ0v) is 15.1. The lowest BCUT2D eigenvalue weighted by molar-refractivity contribution is 0.0957. The summed E-state index contributed by atoms with van der Waals surface area (Å²) in [5, 5.41) is 0. The maximum Gasteiger partial charge on any atom is 0.164 e. The van der Waals surface area contributed by atoms with Crippen LogP contribution >= 0.6 is 0 Å². The van der Waals surface area contributed by atoms with E-state index in [-0.39, 0.29) is 0 Å². The van der Waals surface area contributed by atoms with Gasteiger partial charge in [0.2, 0.25) is 0 Å². The number of ether oxygens (including phenoxy) is 3. The van der Waals surface area contributed by atoms with Crippen LogP contribution in [0.3, 0.4) is 0 Å². The quantitative estimate of drug-likeness (QED) is 0.771. The molecule has 0 aromatic heterocycles. The molecule has 0 unspecified atom stereocenters. The van der Waals surface area contributed by atoms with E-state index in [1.54, 1.807) is 21.3 Å². The number of hydrogen-bond donors (Lipinski definition) is 0. The average Bonchev–Trinajstić information content (AvgIpc) is 2.61. The Morgan fingerprint density at radius 1 is 0.913 bits per heavy atom. The second-order valence-corrected chi connectivity index (χ2v) is 6.09. The summed E-state index contributed by atoms with van der Waals surface area (Å²) in [5.74, 6) is 2.31. The Labute approximate surface area is 140 Å². The van der Waals surface area contributed by atoms with Crippen molar-refractivity contribution < 1.29 is 14.2 Å². The molecule has 0 N–H and O–H groups in total. The second kappa shape index (κ2) is 8.41. The summed E-state index contributed by atoms with van der Waals surface area (Å²) >= 11 is 0. The van der Waals surface area contributed by atoms with Gasteiger partial charge in [-0.2, -0.15) is 0 Å². The van der Waals surface area contributed by atoms with E-state index in [9.17, 15) is 0 Å². The average molecular weight is 322 g/mol. The van der Waals surface area contributed by atoms with Crippen molar-refractivity contribution in [1.82, 2.24) is 9.80 Å². The van der Waals surface area contributed by atoms with Crippen molar-refractivity contribution in [3.63, 3.8) is 0 Å². The Bertz CT molecular complexity index is 499. The van der Waals surface area contributed by atoms with Gasteiger partial charge in [-0.1, -0.05) is 6.92 Å². The van der Waals surface area contributed by atoms with Crippen LogP contribution in [0.25, 0.3) is 0 Å². The van der Waals surface area contributed by atoms with Gasteiger partial charge in [0.05, 0.1) is 21.3 Å². The van der Waals surface area contributed by atoms with E-state index in [0.717, 1.165) is 49.8 Å². The van der Waals surface area contributed by atoms with Gasteiger partial charge >= 0.3 is 0 Å². The van der Waals surface area contributed by atoms with Crippen LogP contribution in [0.2, 0.25) is 0 Å². The Hall–Kier alpha value is -1.46. The van der Waals surface area contributed by atoms with Crippen molar-refractivity contribution >= 4 is 0 Å². The van der Waals surface area contributed by atoms with Crippen LogP contribution in [-0.2, 0) is 6.54 Å². The molecule has 0 radical (unpaired) electrons. The number of benzene rings is 1. The normalized spacial score (nSPS) is 17.8. The van der Waals surface area contributed by atoms with E-state index in [1.807, 2.05) is 12.1 Å². The van der Waals surface area contributed by atoms with Gasteiger partial charge in [0.25, 0.3) is 0 Å². The molecule has 130 valence electrons. The van der Waals surface area contributed by atoms with Crippen LogP contribution in [-0.4, -0.2) is 63.4 Å². The molecule has 1 aromatic rings. The molecule has 1 aliphatic heterocycles. The fourth-order valence-corrected chi connectivity index (χ4v) is 3.08. The van der Waals surface area contributed by atoms with Crippen molar-refractivity contribution in [2.24, 2.45) is 0 Å². The summed E-state index contributed by atoms with van der Waals surface area (Å²) in [5.41, 5.74) is 1.14. The number of piperazine rings is 1. The van der Waals surface area contributed by atoms with E-state index in [4.69, 9.17) is 14.2 Å². The molecule has 1 fully saturated rings. The smallest absolute Gasteiger partial charge is 0.164 e. The first-order valence-electron chi connectivity index (χ1n) is 8.38. The van der Waals surface area contributed by atoms with Crippen molar-refractivity contribution in [3.8, 4) is 17.2 Å². The van der Waals surface area contributed by atoms with Gasteiger partial charge in [0.1, 0.15) is 5.75 Å². The molecule has 0 amide bonds. The molecule has 5 heteroatoms. The van der Waals surface area contributed by atoms with Gasteiger partial charge < -0.3 is 14.2 Å². The molecule has 0 aliphatic carbocycles. The van der Waals surface area contributed by atoms with Crippen LogP contribution in [0, 0.1) is 0 Å². The molecular weight excluding hydrogens is 292 g/mol. The minimum absolute atomic E-state index is 0.674. The van der Waals surface area contributed by atoms with Crippen LogP contribution < -0.4 is 14.2 Å². The predicted octanol–water partition coefficient (Wildman–Crippen LogP) is 2.63. The highest BCUT2D eigenvalue weighted by atomic mass is 16.5. The van der Waals surface area contributed by atoms with Gasteiger partial charge in [-0.3, -0.25) is 9.80 Å². The first-order valence-corrected chi connectivity index (χ1v) is 8.38. The molecule has 23 heavy (non-hydrogen) atoms. The van der Waals surface area contributed by atoms with Crippen molar-refractivity contribution in [3.05, 3.63) is 17.7 Å². The Morgan fingerprint density at radius 2 is 1.48 bits per heavy atom. The van der Waals surface area contributed by atoms with E-state index in [0.29, 0.717) is 11.8 Å². The lowest BCUT2D eigenvalue weighted by Gasteiger charge is -2.38. The summed E-state index contributed by atoms with van der Waals surface area (Å²) in [7, 11) is 5.01. The van der Waals surface area contributed by atoms with Crippen LogP contribution in [0.4, 0.5) is 0 Å². The number of rotatable bonds is 7. The minimum Gasteiger partial charge on any atom is -0.496 e. The number of methoxy groups -OCH3 is 3. The summed E-state index contributed by atoms with van der Waals surface area (Å²) in [6.07, 6.45) is 1.21. The third-order valence-electron chi connectivity index (χ3n) is 4.80. The topological polar surface area (TPSA) is 34.2 Å². The molecule has 1 heterocycles. The van der Waals surface area contributed by atoms with E-state index < -0.39 is 0 Å². The summed E-state index contributed by atoms with van der Waals surface area (Å²) in [6.45, 7) is 9.87. The molecule has 0 saturated carbocycles.